The van der Waals surface area contributed by atoms with Gasteiger partial charge in [0.25, 0.3) is 5.91 Å². The van der Waals surface area contributed by atoms with E-state index in [1.807, 2.05) is 48.5 Å². The quantitative estimate of drug-likeness (QED) is 0.656. The van der Waals surface area contributed by atoms with Crippen molar-refractivity contribution in [1.82, 2.24) is 10.3 Å². The zero-order valence-corrected chi connectivity index (χ0v) is 16.0. The Morgan fingerprint density at radius 2 is 1.93 bits per heavy atom. The van der Waals surface area contributed by atoms with Crippen LogP contribution in [0.25, 0.3) is 10.9 Å². The third-order valence-electron chi connectivity index (χ3n) is 4.82. The Hall–Kier alpha value is -3.28. The molecular formula is C22H23N3O3. The van der Waals surface area contributed by atoms with Crippen LogP contribution in [0.2, 0.25) is 0 Å². The number of carbonyl (C=O) groups excluding carboxylic acids is 1. The highest BCUT2D eigenvalue weighted by atomic mass is 16.5. The molecule has 1 amide bonds. The smallest absolute Gasteiger partial charge is 0.252 e. The maximum absolute atomic E-state index is 12.7. The Morgan fingerprint density at radius 1 is 1.11 bits per heavy atom. The van der Waals surface area contributed by atoms with Gasteiger partial charge in [-0.25, -0.2) is 4.98 Å². The fraction of sp³-hybridized carbons (Fsp3) is 0.273. The van der Waals surface area contributed by atoms with Crippen LogP contribution < -0.4 is 20.1 Å². The molecule has 0 aliphatic heterocycles. The molecule has 2 aromatic carbocycles. The zero-order valence-electron chi connectivity index (χ0n) is 16.0. The molecule has 1 aliphatic carbocycles. The van der Waals surface area contributed by atoms with Gasteiger partial charge in [0.15, 0.2) is 11.5 Å². The first-order valence-electron chi connectivity index (χ1n) is 9.34. The average molecular weight is 377 g/mol. The fourth-order valence-corrected chi connectivity index (χ4v) is 3.22. The maximum Gasteiger partial charge on any atom is 0.252 e. The van der Waals surface area contributed by atoms with E-state index in [-0.39, 0.29) is 5.91 Å². The molecule has 6 nitrogen and oxygen atoms in total. The standard InChI is InChI=1S/C22H23N3O3/c1-27-19-9-5-6-14(21(19)28-2)13-23-20-12-17(22(26)24-15-10-11-15)16-7-3-4-8-18(16)25-20/h3-9,12,15H,10-11,13H2,1-2H3,(H,23,25)(H,24,26). The number of methoxy groups -OCH3 is 2. The van der Waals surface area contributed by atoms with Gasteiger partial charge in [0.1, 0.15) is 5.82 Å². The highest BCUT2D eigenvalue weighted by molar-refractivity contribution is 6.07. The predicted octanol–water partition coefficient (Wildman–Crippen LogP) is 3.76. The fourth-order valence-electron chi connectivity index (χ4n) is 3.22. The van der Waals surface area contributed by atoms with E-state index in [2.05, 4.69) is 15.6 Å². The molecule has 3 aromatic rings. The SMILES string of the molecule is COc1cccc(CNc2cc(C(=O)NC3CC3)c3ccccc3n2)c1OC. The van der Waals surface area contributed by atoms with Crippen LogP contribution in [0.15, 0.2) is 48.5 Å². The first kappa shape index (κ1) is 18.1. The van der Waals surface area contributed by atoms with E-state index in [0.29, 0.717) is 35.5 Å². The Bertz CT molecular complexity index is 1020. The number of amides is 1. The summed E-state index contributed by atoms with van der Waals surface area (Å²) in [6, 6.07) is 15.6. The van der Waals surface area contributed by atoms with Crippen LogP contribution >= 0.6 is 0 Å². The summed E-state index contributed by atoms with van der Waals surface area (Å²) in [5, 5.41) is 7.23. The molecule has 0 atom stereocenters. The molecule has 1 fully saturated rings. The van der Waals surface area contributed by atoms with Crippen LogP contribution in [0, 0.1) is 0 Å². The Labute approximate surface area is 163 Å². The normalized spacial score (nSPS) is 13.2. The van der Waals surface area contributed by atoms with Gasteiger partial charge in [0, 0.05) is 23.5 Å². The summed E-state index contributed by atoms with van der Waals surface area (Å²) in [5.74, 6) is 1.95. The van der Waals surface area contributed by atoms with E-state index in [0.717, 1.165) is 29.3 Å². The monoisotopic (exact) mass is 377 g/mol. The average Bonchev–Trinajstić information content (AvgIpc) is 3.55. The summed E-state index contributed by atoms with van der Waals surface area (Å²) in [7, 11) is 3.24. The topological polar surface area (TPSA) is 72.5 Å². The Kier molecular flexibility index (Phi) is 5.02. The van der Waals surface area contributed by atoms with E-state index in [1.165, 1.54) is 0 Å². The largest absolute Gasteiger partial charge is 0.493 e. The highest BCUT2D eigenvalue weighted by Gasteiger charge is 2.25. The molecule has 6 heteroatoms. The van der Waals surface area contributed by atoms with E-state index >= 15 is 0 Å². The molecule has 0 saturated heterocycles. The van der Waals surface area contributed by atoms with Crippen molar-refractivity contribution in [2.45, 2.75) is 25.4 Å². The van der Waals surface area contributed by atoms with Gasteiger partial charge in [-0.15, -0.1) is 0 Å². The molecule has 0 bridgehead atoms. The number of pyridine rings is 1. The Morgan fingerprint density at radius 3 is 2.68 bits per heavy atom. The molecule has 1 aliphatic rings. The van der Waals surface area contributed by atoms with Crippen LogP contribution in [-0.2, 0) is 6.54 Å². The lowest BCUT2D eigenvalue weighted by Gasteiger charge is -2.14. The van der Waals surface area contributed by atoms with Crippen molar-refractivity contribution in [3.8, 4) is 11.5 Å². The van der Waals surface area contributed by atoms with Crippen LogP contribution in [0.3, 0.4) is 0 Å². The number of carbonyl (C=O) groups is 1. The minimum Gasteiger partial charge on any atom is -0.493 e. The van der Waals surface area contributed by atoms with Crippen molar-refractivity contribution < 1.29 is 14.3 Å². The first-order chi connectivity index (χ1) is 13.7. The van der Waals surface area contributed by atoms with Crippen LogP contribution in [0.5, 0.6) is 11.5 Å². The molecule has 144 valence electrons. The van der Waals surface area contributed by atoms with Crippen molar-refractivity contribution in [2.75, 3.05) is 19.5 Å². The van der Waals surface area contributed by atoms with E-state index < -0.39 is 0 Å². The number of aromatic nitrogens is 1. The minimum atomic E-state index is -0.0527. The third-order valence-corrected chi connectivity index (χ3v) is 4.82. The van der Waals surface area contributed by atoms with Crippen LogP contribution in [-0.4, -0.2) is 31.2 Å². The zero-order chi connectivity index (χ0) is 19.5. The van der Waals surface area contributed by atoms with Crippen molar-refractivity contribution in [3.05, 3.63) is 59.7 Å². The number of anilines is 1. The number of hydrogen-bond donors (Lipinski definition) is 2. The van der Waals surface area contributed by atoms with Gasteiger partial charge >= 0.3 is 0 Å². The van der Waals surface area contributed by atoms with Crippen LogP contribution in [0.1, 0.15) is 28.8 Å². The number of para-hydroxylation sites is 2. The van der Waals surface area contributed by atoms with Crippen molar-refractivity contribution in [3.63, 3.8) is 0 Å². The van der Waals surface area contributed by atoms with Gasteiger partial charge in [0.2, 0.25) is 0 Å². The number of benzene rings is 2. The number of fused-ring (bicyclic) bond motifs is 1. The molecule has 28 heavy (non-hydrogen) atoms. The van der Waals surface area contributed by atoms with E-state index in [9.17, 15) is 4.79 Å². The second kappa shape index (κ2) is 7.76. The molecule has 0 unspecified atom stereocenters. The number of ether oxygens (including phenoxy) is 2. The van der Waals surface area contributed by atoms with Gasteiger partial charge in [-0.05, 0) is 31.0 Å². The summed E-state index contributed by atoms with van der Waals surface area (Å²) in [6.45, 7) is 0.495. The maximum atomic E-state index is 12.7. The van der Waals surface area contributed by atoms with Crippen molar-refractivity contribution >= 4 is 22.6 Å². The van der Waals surface area contributed by atoms with E-state index in [1.54, 1.807) is 14.2 Å². The number of rotatable bonds is 7. The van der Waals surface area contributed by atoms with Crippen molar-refractivity contribution in [1.29, 1.82) is 0 Å². The van der Waals surface area contributed by atoms with Gasteiger partial charge in [0.05, 0.1) is 25.3 Å². The molecule has 0 radical (unpaired) electrons. The molecular weight excluding hydrogens is 354 g/mol. The molecule has 2 N–H and O–H groups in total. The van der Waals surface area contributed by atoms with Gasteiger partial charge in [-0.1, -0.05) is 30.3 Å². The molecule has 0 spiro atoms. The summed E-state index contributed by atoms with van der Waals surface area (Å²) in [6.07, 6.45) is 2.10. The van der Waals surface area contributed by atoms with E-state index in [4.69, 9.17) is 9.47 Å². The third kappa shape index (κ3) is 3.71. The number of nitrogens with zero attached hydrogens (tertiary/aromatic N) is 1. The van der Waals surface area contributed by atoms with Crippen molar-refractivity contribution in [2.24, 2.45) is 0 Å². The lowest BCUT2D eigenvalue weighted by atomic mass is 10.1. The van der Waals surface area contributed by atoms with Gasteiger partial charge in [-0.3, -0.25) is 4.79 Å². The molecule has 1 saturated carbocycles. The highest BCUT2D eigenvalue weighted by Crippen LogP contribution is 2.31. The first-order valence-corrected chi connectivity index (χ1v) is 9.34. The summed E-state index contributed by atoms with van der Waals surface area (Å²) >= 11 is 0. The number of nitrogens with one attached hydrogen (secondary N) is 2. The molecule has 1 aromatic heterocycles. The second-order valence-corrected chi connectivity index (χ2v) is 6.83. The predicted molar refractivity (Wildman–Crippen MR) is 109 cm³/mol. The molecule has 1 heterocycles. The minimum absolute atomic E-state index is 0.0527. The summed E-state index contributed by atoms with van der Waals surface area (Å²) in [4.78, 5) is 17.4. The summed E-state index contributed by atoms with van der Waals surface area (Å²) in [5.41, 5.74) is 2.37. The van der Waals surface area contributed by atoms with Gasteiger partial charge in [-0.2, -0.15) is 0 Å². The Balaban J connectivity index is 1.63. The lowest BCUT2D eigenvalue weighted by Crippen LogP contribution is -2.25. The summed E-state index contributed by atoms with van der Waals surface area (Å²) < 4.78 is 10.8. The molecule has 4 rings (SSSR count). The van der Waals surface area contributed by atoms with Gasteiger partial charge < -0.3 is 20.1 Å². The van der Waals surface area contributed by atoms with Crippen LogP contribution in [0.4, 0.5) is 5.82 Å². The second-order valence-electron chi connectivity index (χ2n) is 6.83. The number of hydrogen-bond acceptors (Lipinski definition) is 5. The lowest BCUT2D eigenvalue weighted by molar-refractivity contribution is 0.0952.